The highest BCUT2D eigenvalue weighted by atomic mass is 127. The summed E-state index contributed by atoms with van der Waals surface area (Å²) in [6, 6.07) is 8.70. The lowest BCUT2D eigenvalue weighted by molar-refractivity contribution is 0.181. The number of methoxy groups -OCH3 is 4. The van der Waals surface area contributed by atoms with Crippen LogP contribution in [0.1, 0.15) is 16.7 Å². The molecular weight excluding hydrogens is 504 g/mol. The molecule has 0 saturated carbocycles. The molecule has 2 N–H and O–H groups in total. The van der Waals surface area contributed by atoms with E-state index in [4.69, 9.17) is 18.9 Å². The van der Waals surface area contributed by atoms with Gasteiger partial charge in [0, 0.05) is 32.8 Å². The molecule has 30 heavy (non-hydrogen) atoms. The van der Waals surface area contributed by atoms with Crippen LogP contribution in [0.5, 0.6) is 17.2 Å². The van der Waals surface area contributed by atoms with Gasteiger partial charge in [-0.15, -0.1) is 24.0 Å². The Hall–Kier alpha value is -2.27. The van der Waals surface area contributed by atoms with Gasteiger partial charge >= 0.3 is 0 Å². The van der Waals surface area contributed by atoms with Crippen LogP contribution in [0.3, 0.4) is 0 Å². The summed E-state index contributed by atoms with van der Waals surface area (Å²) in [4.78, 5) is 4.22. The van der Waals surface area contributed by atoms with Crippen molar-refractivity contribution >= 4 is 29.9 Å². The summed E-state index contributed by atoms with van der Waals surface area (Å²) >= 11 is 0. The summed E-state index contributed by atoms with van der Waals surface area (Å²) in [6.45, 7) is 1.22. The van der Waals surface area contributed by atoms with Gasteiger partial charge in [0.2, 0.25) is 5.75 Å². The normalized spacial score (nSPS) is 10.8. The van der Waals surface area contributed by atoms with E-state index in [9.17, 15) is 4.39 Å². The lowest BCUT2D eigenvalue weighted by Crippen LogP contribution is -2.36. The lowest BCUT2D eigenvalue weighted by Gasteiger charge is -2.16. The molecule has 0 unspecified atom stereocenters. The average molecular weight is 533 g/mol. The molecule has 0 aliphatic rings. The lowest BCUT2D eigenvalue weighted by atomic mass is 10.1. The van der Waals surface area contributed by atoms with Crippen LogP contribution in [-0.2, 0) is 24.4 Å². The van der Waals surface area contributed by atoms with Gasteiger partial charge in [0.1, 0.15) is 5.82 Å². The smallest absolute Gasteiger partial charge is 0.203 e. The van der Waals surface area contributed by atoms with Crippen LogP contribution in [0, 0.1) is 5.82 Å². The molecule has 0 radical (unpaired) electrons. The van der Waals surface area contributed by atoms with E-state index in [0.29, 0.717) is 41.9 Å². The minimum atomic E-state index is -0.277. The number of nitrogens with zero attached hydrogens (tertiary/aromatic N) is 1. The largest absolute Gasteiger partial charge is 0.493 e. The third kappa shape index (κ3) is 6.91. The second kappa shape index (κ2) is 13.1. The van der Waals surface area contributed by atoms with Crippen LogP contribution < -0.4 is 24.8 Å². The molecule has 0 saturated heterocycles. The van der Waals surface area contributed by atoms with Gasteiger partial charge in [0.15, 0.2) is 17.5 Å². The van der Waals surface area contributed by atoms with Gasteiger partial charge in [-0.05, 0) is 35.4 Å². The highest BCUT2D eigenvalue weighted by Crippen LogP contribution is 2.38. The van der Waals surface area contributed by atoms with Crippen molar-refractivity contribution in [3.05, 3.63) is 52.8 Å². The summed E-state index contributed by atoms with van der Waals surface area (Å²) in [5.41, 5.74) is 2.38. The van der Waals surface area contributed by atoms with Crippen LogP contribution in [0.2, 0.25) is 0 Å². The predicted molar refractivity (Wildman–Crippen MR) is 126 cm³/mol. The van der Waals surface area contributed by atoms with E-state index in [0.717, 1.165) is 11.1 Å². The molecule has 2 aromatic carbocycles. The molecule has 7 nitrogen and oxygen atoms in total. The van der Waals surface area contributed by atoms with E-state index in [1.807, 2.05) is 12.1 Å². The number of guanidine groups is 1. The standard InChI is InChI=1S/C21H28FN3O4.HI/c1-23-21(24-11-14-6-7-17(22)16(8-14)13-26-2)25-12-15-9-18(27-3)20(29-5)19(10-15)28-4;/h6-10H,11-13H2,1-5H3,(H2,23,24,25);1H. The minimum absolute atomic E-state index is 0. The molecule has 0 spiro atoms. The van der Waals surface area contributed by atoms with E-state index < -0.39 is 0 Å². The number of nitrogens with one attached hydrogen (secondary N) is 2. The Balaban J connectivity index is 0.00000450. The second-order valence-corrected chi connectivity index (χ2v) is 6.17. The van der Waals surface area contributed by atoms with Crippen molar-refractivity contribution in [2.75, 3.05) is 35.5 Å². The molecule has 2 aromatic rings. The molecule has 0 aromatic heterocycles. The summed E-state index contributed by atoms with van der Waals surface area (Å²) in [7, 11) is 7.95. The van der Waals surface area contributed by atoms with Gasteiger partial charge in [-0.1, -0.05) is 6.07 Å². The number of hydrogen-bond acceptors (Lipinski definition) is 5. The zero-order valence-electron chi connectivity index (χ0n) is 17.9. The number of halogens is 2. The molecular formula is C21H29FIN3O4. The van der Waals surface area contributed by atoms with Gasteiger partial charge in [-0.2, -0.15) is 0 Å². The summed E-state index contributed by atoms with van der Waals surface area (Å²) in [6.07, 6.45) is 0. The molecule has 0 bridgehead atoms. The second-order valence-electron chi connectivity index (χ2n) is 6.17. The molecule has 0 heterocycles. The molecule has 0 aliphatic carbocycles. The first-order chi connectivity index (χ1) is 14.1. The average Bonchev–Trinajstić information content (AvgIpc) is 2.75. The summed E-state index contributed by atoms with van der Waals surface area (Å²) in [5, 5.41) is 6.45. The van der Waals surface area contributed by atoms with Gasteiger partial charge in [0.05, 0.1) is 27.9 Å². The van der Waals surface area contributed by atoms with E-state index in [-0.39, 0.29) is 36.4 Å². The number of ether oxygens (including phenoxy) is 4. The Bertz CT molecular complexity index is 824. The van der Waals surface area contributed by atoms with E-state index in [1.54, 1.807) is 47.6 Å². The number of rotatable bonds is 9. The van der Waals surface area contributed by atoms with Gasteiger partial charge < -0.3 is 29.6 Å². The van der Waals surface area contributed by atoms with E-state index >= 15 is 0 Å². The first-order valence-electron chi connectivity index (χ1n) is 9.05. The van der Waals surface area contributed by atoms with Gasteiger partial charge in [-0.3, -0.25) is 4.99 Å². The third-order valence-corrected chi connectivity index (χ3v) is 4.28. The maximum atomic E-state index is 13.7. The van der Waals surface area contributed by atoms with Crippen molar-refractivity contribution in [2.45, 2.75) is 19.7 Å². The van der Waals surface area contributed by atoms with Gasteiger partial charge in [-0.25, -0.2) is 4.39 Å². The molecule has 2 rings (SSSR count). The summed E-state index contributed by atoms with van der Waals surface area (Å²) in [5.74, 6) is 2.05. The first-order valence-corrected chi connectivity index (χ1v) is 9.05. The quantitative estimate of drug-likeness (QED) is 0.292. The fourth-order valence-electron chi connectivity index (χ4n) is 2.83. The molecule has 166 valence electrons. The number of aliphatic imine (C=N–C) groups is 1. The van der Waals surface area contributed by atoms with Crippen LogP contribution >= 0.6 is 24.0 Å². The monoisotopic (exact) mass is 533 g/mol. The van der Waals surface area contributed by atoms with Crippen molar-refractivity contribution in [3.63, 3.8) is 0 Å². The van der Waals surface area contributed by atoms with Gasteiger partial charge in [0.25, 0.3) is 0 Å². The minimum Gasteiger partial charge on any atom is -0.493 e. The Morgan fingerprint density at radius 1 is 0.900 bits per heavy atom. The SMILES string of the molecule is CN=C(NCc1ccc(F)c(COC)c1)NCc1cc(OC)c(OC)c(OC)c1.I. The zero-order valence-corrected chi connectivity index (χ0v) is 20.2. The molecule has 0 fully saturated rings. The highest BCUT2D eigenvalue weighted by Gasteiger charge is 2.13. The van der Waals surface area contributed by atoms with Crippen molar-refractivity contribution in [3.8, 4) is 17.2 Å². The van der Waals surface area contributed by atoms with Crippen molar-refractivity contribution in [2.24, 2.45) is 4.99 Å². The van der Waals surface area contributed by atoms with Crippen molar-refractivity contribution < 1.29 is 23.3 Å². The van der Waals surface area contributed by atoms with Crippen molar-refractivity contribution in [1.29, 1.82) is 0 Å². The predicted octanol–water partition coefficient (Wildman–Crippen LogP) is 3.48. The molecule has 9 heteroatoms. The maximum absolute atomic E-state index is 13.7. The Kier molecular flexibility index (Phi) is 11.3. The topological polar surface area (TPSA) is 73.3 Å². The Labute approximate surface area is 194 Å². The Morgan fingerprint density at radius 2 is 1.50 bits per heavy atom. The van der Waals surface area contributed by atoms with E-state index in [1.165, 1.54) is 6.07 Å². The Morgan fingerprint density at radius 3 is 2.00 bits per heavy atom. The summed E-state index contributed by atoms with van der Waals surface area (Å²) < 4.78 is 34.9. The third-order valence-electron chi connectivity index (χ3n) is 4.28. The number of benzene rings is 2. The first kappa shape index (κ1) is 25.8. The zero-order chi connectivity index (χ0) is 21.2. The maximum Gasteiger partial charge on any atom is 0.203 e. The van der Waals surface area contributed by atoms with Crippen LogP contribution in [-0.4, -0.2) is 41.4 Å². The number of hydrogen-bond donors (Lipinski definition) is 2. The van der Waals surface area contributed by atoms with Crippen LogP contribution in [0.4, 0.5) is 4.39 Å². The van der Waals surface area contributed by atoms with Crippen LogP contribution in [0.25, 0.3) is 0 Å². The highest BCUT2D eigenvalue weighted by molar-refractivity contribution is 14.0. The van der Waals surface area contributed by atoms with Crippen LogP contribution in [0.15, 0.2) is 35.3 Å². The molecule has 0 aliphatic heterocycles. The molecule has 0 amide bonds. The molecule has 0 atom stereocenters. The fraction of sp³-hybridized carbons (Fsp3) is 0.381. The van der Waals surface area contributed by atoms with Crippen molar-refractivity contribution in [1.82, 2.24) is 10.6 Å². The fourth-order valence-corrected chi connectivity index (χ4v) is 2.83. The van der Waals surface area contributed by atoms with E-state index in [2.05, 4.69) is 15.6 Å².